The highest BCUT2D eigenvalue weighted by Crippen LogP contribution is 2.25. The third-order valence-electron chi connectivity index (χ3n) is 6.03. The molecule has 0 aliphatic rings. The highest BCUT2D eigenvalue weighted by Gasteiger charge is 2.13. The fourth-order valence-electron chi connectivity index (χ4n) is 4.22. The topological polar surface area (TPSA) is 55.1 Å². The lowest BCUT2D eigenvalue weighted by molar-refractivity contribution is 0.467. The van der Waals surface area contributed by atoms with Crippen LogP contribution in [-0.2, 0) is 0 Å². The van der Waals surface area contributed by atoms with Crippen LogP contribution in [0.5, 0.6) is 5.75 Å². The number of phenols is 1. The summed E-state index contributed by atoms with van der Waals surface area (Å²) in [5, 5.41) is 12.7. The quantitative estimate of drug-likeness (QED) is 0.289. The number of fused-ring (bicyclic) bond motifs is 1. The second-order valence-corrected chi connectivity index (χ2v) is 9.64. The number of hydrogen-bond donors (Lipinski definition) is 1. The van der Waals surface area contributed by atoms with Gasteiger partial charge in [-0.05, 0) is 103 Å². The highest BCUT2D eigenvalue weighted by molar-refractivity contribution is 7.10. The molecule has 0 aliphatic carbocycles. The maximum atomic E-state index is 13.7. The minimum Gasteiger partial charge on any atom is -0.507 e. The average molecular weight is 489 g/mol. The van der Waals surface area contributed by atoms with Crippen LogP contribution >= 0.6 is 11.3 Å². The number of para-hydroxylation sites is 1. The first-order valence-corrected chi connectivity index (χ1v) is 12.5. The third kappa shape index (κ3) is 4.59. The van der Waals surface area contributed by atoms with Crippen molar-refractivity contribution < 1.29 is 5.11 Å². The van der Waals surface area contributed by atoms with Gasteiger partial charge in [0.25, 0.3) is 5.56 Å². The first kappa shape index (κ1) is 23.3. The molecule has 5 heteroatoms. The number of rotatable bonds is 3. The lowest BCUT2D eigenvalue weighted by Gasteiger charge is -2.14. The Balaban J connectivity index is 1.64. The first-order chi connectivity index (χ1) is 17.4. The zero-order valence-corrected chi connectivity index (χ0v) is 21.1. The highest BCUT2D eigenvalue weighted by atomic mass is 32.1. The molecule has 176 valence electrons. The Bertz CT molecular complexity index is 1730. The van der Waals surface area contributed by atoms with Crippen LogP contribution in [0.2, 0.25) is 0 Å². The second-order valence-electron chi connectivity index (χ2n) is 8.69. The Kier molecular flexibility index (Phi) is 6.28. The summed E-state index contributed by atoms with van der Waals surface area (Å²) in [4.78, 5) is 19.5. The predicted molar refractivity (Wildman–Crippen MR) is 149 cm³/mol. The molecular weight excluding hydrogens is 464 g/mol. The minimum atomic E-state index is -0.126. The molecule has 5 rings (SSSR count). The van der Waals surface area contributed by atoms with E-state index in [1.165, 1.54) is 0 Å². The molecule has 0 aliphatic heterocycles. The molecule has 0 amide bonds. The molecule has 5 aromatic rings. The van der Waals surface area contributed by atoms with Crippen molar-refractivity contribution in [1.29, 1.82) is 0 Å². The van der Waals surface area contributed by atoms with Crippen LogP contribution < -0.4 is 5.56 Å². The summed E-state index contributed by atoms with van der Waals surface area (Å²) in [5.74, 6) is 7.22. The molecule has 0 saturated heterocycles. The Labute approximate surface area is 213 Å². The van der Waals surface area contributed by atoms with Crippen LogP contribution in [0.4, 0.5) is 0 Å². The zero-order chi connectivity index (χ0) is 25.2. The number of phenolic OH excluding ortho intramolecular Hbond substituents is 1. The number of aryl methyl sites for hydroxylation is 3. The zero-order valence-electron chi connectivity index (χ0n) is 20.2. The van der Waals surface area contributed by atoms with Crippen LogP contribution in [-0.4, -0.2) is 14.7 Å². The van der Waals surface area contributed by atoms with Crippen molar-refractivity contribution in [3.63, 3.8) is 0 Å². The Hall–Kier alpha value is -4.40. The van der Waals surface area contributed by atoms with Crippen LogP contribution in [0.25, 0.3) is 28.7 Å². The van der Waals surface area contributed by atoms with E-state index in [1.807, 2.05) is 99.0 Å². The van der Waals surface area contributed by atoms with E-state index in [0.29, 0.717) is 22.5 Å². The fourth-order valence-corrected chi connectivity index (χ4v) is 4.79. The van der Waals surface area contributed by atoms with Gasteiger partial charge in [-0.15, -0.1) is 11.3 Å². The van der Waals surface area contributed by atoms with E-state index in [0.717, 1.165) is 38.4 Å². The van der Waals surface area contributed by atoms with Crippen molar-refractivity contribution in [2.75, 3.05) is 0 Å². The number of thiophene rings is 1. The number of hydrogen-bond acceptors (Lipinski definition) is 4. The number of aromatic hydroxyl groups is 1. The van der Waals surface area contributed by atoms with Gasteiger partial charge >= 0.3 is 0 Å². The molecule has 3 aromatic carbocycles. The van der Waals surface area contributed by atoms with Gasteiger partial charge in [0.1, 0.15) is 11.6 Å². The largest absolute Gasteiger partial charge is 0.507 e. The lowest BCUT2D eigenvalue weighted by Crippen LogP contribution is -2.23. The summed E-state index contributed by atoms with van der Waals surface area (Å²) < 4.78 is 1.66. The van der Waals surface area contributed by atoms with Crippen LogP contribution in [0.3, 0.4) is 0 Å². The van der Waals surface area contributed by atoms with Crippen molar-refractivity contribution in [3.05, 3.63) is 121 Å². The van der Waals surface area contributed by atoms with Crippen LogP contribution in [0.1, 0.15) is 38.5 Å². The standard InChI is InChI=1S/C31H24N2O2S/c1-20-17-23(10-13-25-7-6-16-36-25)11-14-28(20)33-29(32-27-9-5-4-8-26(27)31(33)35)15-12-24-18-21(2)30(34)22(3)19-24/h4-9,11-12,14-19,34H,1-3H3. The molecule has 0 fully saturated rings. The SMILES string of the molecule is Cc1cc(C#Cc2cccs2)ccc1-n1c(C=Cc2cc(C)c(O)c(C)c2)nc2ccccc2c1=O. The molecule has 0 bridgehead atoms. The van der Waals surface area contributed by atoms with Gasteiger partial charge in [-0.2, -0.15) is 0 Å². The summed E-state index contributed by atoms with van der Waals surface area (Å²) in [7, 11) is 0. The van der Waals surface area contributed by atoms with E-state index in [4.69, 9.17) is 4.98 Å². The summed E-state index contributed by atoms with van der Waals surface area (Å²) in [5.41, 5.74) is 5.62. The molecule has 4 nitrogen and oxygen atoms in total. The summed E-state index contributed by atoms with van der Waals surface area (Å²) >= 11 is 1.61. The summed E-state index contributed by atoms with van der Waals surface area (Å²) in [6, 6.07) is 21.0. The van der Waals surface area contributed by atoms with Gasteiger partial charge in [0.2, 0.25) is 0 Å². The van der Waals surface area contributed by atoms with Gasteiger partial charge in [-0.25, -0.2) is 4.98 Å². The summed E-state index contributed by atoms with van der Waals surface area (Å²) in [6.45, 7) is 5.72. The van der Waals surface area contributed by atoms with Gasteiger partial charge in [0.15, 0.2) is 0 Å². The third-order valence-corrected chi connectivity index (χ3v) is 6.81. The normalized spacial score (nSPS) is 11.1. The Morgan fingerprint density at radius 1 is 0.889 bits per heavy atom. The Morgan fingerprint density at radius 2 is 1.67 bits per heavy atom. The molecule has 0 saturated carbocycles. The predicted octanol–water partition coefficient (Wildman–Crippen LogP) is 6.65. The average Bonchev–Trinajstić information content (AvgIpc) is 3.39. The smallest absolute Gasteiger partial charge is 0.266 e. The molecule has 36 heavy (non-hydrogen) atoms. The van der Waals surface area contributed by atoms with Crippen molar-refractivity contribution in [3.8, 4) is 23.3 Å². The van der Waals surface area contributed by atoms with Crippen molar-refractivity contribution in [2.24, 2.45) is 0 Å². The number of aromatic nitrogens is 2. The molecule has 2 aromatic heterocycles. The van der Waals surface area contributed by atoms with E-state index >= 15 is 0 Å². The maximum absolute atomic E-state index is 13.7. The maximum Gasteiger partial charge on any atom is 0.266 e. The van der Waals surface area contributed by atoms with Crippen LogP contribution in [0, 0.1) is 32.6 Å². The van der Waals surface area contributed by atoms with E-state index < -0.39 is 0 Å². The Morgan fingerprint density at radius 3 is 2.39 bits per heavy atom. The van der Waals surface area contributed by atoms with Crippen molar-refractivity contribution >= 4 is 34.4 Å². The van der Waals surface area contributed by atoms with Gasteiger partial charge in [0, 0.05) is 5.56 Å². The first-order valence-electron chi connectivity index (χ1n) is 11.6. The van der Waals surface area contributed by atoms with E-state index in [1.54, 1.807) is 22.0 Å². The molecule has 2 heterocycles. The number of nitrogens with zero attached hydrogens (tertiary/aromatic N) is 2. The number of benzene rings is 3. The van der Waals surface area contributed by atoms with E-state index in [2.05, 4.69) is 11.8 Å². The fraction of sp³-hybridized carbons (Fsp3) is 0.0968. The van der Waals surface area contributed by atoms with E-state index in [-0.39, 0.29) is 5.56 Å². The van der Waals surface area contributed by atoms with Gasteiger partial charge in [0.05, 0.1) is 21.5 Å². The monoisotopic (exact) mass is 488 g/mol. The molecule has 0 unspecified atom stereocenters. The van der Waals surface area contributed by atoms with Crippen molar-refractivity contribution in [2.45, 2.75) is 20.8 Å². The van der Waals surface area contributed by atoms with Gasteiger partial charge < -0.3 is 5.11 Å². The van der Waals surface area contributed by atoms with E-state index in [9.17, 15) is 9.90 Å². The second kappa shape index (κ2) is 9.69. The lowest BCUT2D eigenvalue weighted by atomic mass is 10.1. The van der Waals surface area contributed by atoms with Gasteiger partial charge in [-0.1, -0.05) is 36.1 Å². The van der Waals surface area contributed by atoms with Gasteiger partial charge in [-0.3, -0.25) is 9.36 Å². The minimum absolute atomic E-state index is 0.126. The molecule has 0 radical (unpaired) electrons. The van der Waals surface area contributed by atoms with Crippen molar-refractivity contribution in [1.82, 2.24) is 9.55 Å². The molecule has 0 atom stereocenters. The summed E-state index contributed by atoms with van der Waals surface area (Å²) in [6.07, 6.45) is 3.77. The molecule has 0 spiro atoms. The van der Waals surface area contributed by atoms with Crippen LogP contribution in [0.15, 0.2) is 76.9 Å². The molecule has 1 N–H and O–H groups in total. The molecular formula is C31H24N2O2S.